The van der Waals surface area contributed by atoms with Gasteiger partial charge in [-0.25, -0.2) is 8.78 Å². The molecule has 0 radical (unpaired) electrons. The van der Waals surface area contributed by atoms with Crippen molar-refractivity contribution >= 4 is 0 Å². The van der Waals surface area contributed by atoms with E-state index in [-0.39, 0.29) is 17.7 Å². The molecule has 0 aromatic heterocycles. The Balaban J connectivity index is 1.83. The van der Waals surface area contributed by atoms with E-state index in [2.05, 4.69) is 5.32 Å². The lowest BCUT2D eigenvalue weighted by molar-refractivity contribution is 0.170. The van der Waals surface area contributed by atoms with Crippen LogP contribution in [0.2, 0.25) is 0 Å². The molecule has 2 rings (SSSR count). The first-order chi connectivity index (χ1) is 10.0. The van der Waals surface area contributed by atoms with Crippen LogP contribution in [0.4, 0.5) is 8.78 Å². The fourth-order valence-electron chi connectivity index (χ4n) is 2.19. The highest BCUT2D eigenvalue weighted by Crippen LogP contribution is 2.13. The summed E-state index contributed by atoms with van der Waals surface area (Å²) < 4.78 is 25.9. The van der Waals surface area contributed by atoms with Crippen molar-refractivity contribution in [2.24, 2.45) is 0 Å². The normalized spacial score (nSPS) is 13.9. The molecule has 4 heteroatoms. The number of benzene rings is 2. The number of rotatable bonds is 6. The van der Waals surface area contributed by atoms with Crippen LogP contribution in [0, 0.1) is 11.6 Å². The third-order valence-corrected chi connectivity index (χ3v) is 3.35. The van der Waals surface area contributed by atoms with Gasteiger partial charge in [-0.3, -0.25) is 0 Å². The van der Waals surface area contributed by atoms with Gasteiger partial charge in [0, 0.05) is 12.6 Å². The summed E-state index contributed by atoms with van der Waals surface area (Å²) in [4.78, 5) is 0. The second-order valence-electron chi connectivity index (χ2n) is 5.21. The van der Waals surface area contributed by atoms with Crippen LogP contribution in [0.1, 0.15) is 24.2 Å². The van der Waals surface area contributed by atoms with Crippen LogP contribution in [0.25, 0.3) is 0 Å². The molecule has 2 unspecified atom stereocenters. The Kier molecular flexibility index (Phi) is 5.42. The van der Waals surface area contributed by atoms with Crippen molar-refractivity contribution in [3.8, 4) is 0 Å². The van der Waals surface area contributed by atoms with Crippen LogP contribution in [0.15, 0.2) is 48.5 Å². The molecule has 0 spiro atoms. The molecule has 0 fully saturated rings. The molecule has 0 aliphatic rings. The van der Waals surface area contributed by atoms with Gasteiger partial charge in [-0.1, -0.05) is 24.3 Å². The summed E-state index contributed by atoms with van der Waals surface area (Å²) in [6.45, 7) is 2.33. The van der Waals surface area contributed by atoms with Gasteiger partial charge in [0.05, 0.1) is 6.10 Å². The first kappa shape index (κ1) is 15.6. The second-order valence-corrected chi connectivity index (χ2v) is 5.21. The lowest BCUT2D eigenvalue weighted by Gasteiger charge is -2.17. The van der Waals surface area contributed by atoms with Crippen molar-refractivity contribution < 1.29 is 13.9 Å². The average Bonchev–Trinajstić information content (AvgIpc) is 2.47. The number of aliphatic hydroxyl groups excluding tert-OH is 1. The Hall–Kier alpha value is -1.78. The zero-order valence-corrected chi connectivity index (χ0v) is 11.9. The molecule has 0 aliphatic heterocycles. The molecule has 0 heterocycles. The number of nitrogens with one attached hydrogen (secondary N) is 1. The topological polar surface area (TPSA) is 32.3 Å². The van der Waals surface area contributed by atoms with E-state index >= 15 is 0 Å². The van der Waals surface area contributed by atoms with Gasteiger partial charge in [-0.15, -0.1) is 0 Å². The zero-order valence-electron chi connectivity index (χ0n) is 11.9. The summed E-state index contributed by atoms with van der Waals surface area (Å²) >= 11 is 0. The SMILES string of the molecule is CC(Cc1ccc(F)cc1)NCC(O)c1cccc(F)c1. The zero-order chi connectivity index (χ0) is 15.2. The van der Waals surface area contributed by atoms with Crippen LogP contribution in [-0.2, 0) is 6.42 Å². The number of aliphatic hydroxyl groups is 1. The van der Waals surface area contributed by atoms with Crippen molar-refractivity contribution in [2.45, 2.75) is 25.5 Å². The Morgan fingerprint density at radius 2 is 1.76 bits per heavy atom. The number of hydrogen-bond donors (Lipinski definition) is 2. The average molecular weight is 291 g/mol. The number of halogens is 2. The molecule has 0 bridgehead atoms. The van der Waals surface area contributed by atoms with E-state index in [1.807, 2.05) is 6.92 Å². The lowest BCUT2D eigenvalue weighted by atomic mass is 10.1. The van der Waals surface area contributed by atoms with E-state index in [1.54, 1.807) is 24.3 Å². The molecule has 21 heavy (non-hydrogen) atoms. The van der Waals surface area contributed by atoms with Crippen molar-refractivity contribution in [3.63, 3.8) is 0 Å². The third-order valence-electron chi connectivity index (χ3n) is 3.35. The molecule has 0 saturated carbocycles. The van der Waals surface area contributed by atoms with Crippen molar-refractivity contribution in [2.75, 3.05) is 6.54 Å². The van der Waals surface area contributed by atoms with E-state index < -0.39 is 6.10 Å². The summed E-state index contributed by atoms with van der Waals surface area (Å²) in [5.41, 5.74) is 1.58. The first-order valence-corrected chi connectivity index (χ1v) is 6.96. The van der Waals surface area contributed by atoms with Crippen LogP contribution in [0.3, 0.4) is 0 Å². The van der Waals surface area contributed by atoms with Gasteiger partial charge in [-0.2, -0.15) is 0 Å². The summed E-state index contributed by atoms with van der Waals surface area (Å²) in [5.74, 6) is -0.605. The summed E-state index contributed by atoms with van der Waals surface area (Å²) in [7, 11) is 0. The third kappa shape index (κ3) is 4.92. The second kappa shape index (κ2) is 7.29. The smallest absolute Gasteiger partial charge is 0.123 e. The van der Waals surface area contributed by atoms with Gasteiger partial charge in [0.25, 0.3) is 0 Å². The van der Waals surface area contributed by atoms with Gasteiger partial charge in [0.15, 0.2) is 0 Å². The van der Waals surface area contributed by atoms with E-state index in [9.17, 15) is 13.9 Å². The molecule has 2 atom stereocenters. The van der Waals surface area contributed by atoms with Crippen molar-refractivity contribution in [1.82, 2.24) is 5.32 Å². The molecule has 0 amide bonds. The molecular formula is C17H19F2NO. The highest BCUT2D eigenvalue weighted by molar-refractivity contribution is 5.19. The maximum absolute atomic E-state index is 13.1. The Bertz CT molecular complexity index is 571. The highest BCUT2D eigenvalue weighted by Gasteiger charge is 2.10. The summed E-state index contributed by atoms with van der Waals surface area (Å²) in [5, 5.41) is 13.2. The molecular weight excluding hydrogens is 272 g/mol. The van der Waals surface area contributed by atoms with E-state index in [0.717, 1.165) is 12.0 Å². The van der Waals surface area contributed by atoms with Crippen LogP contribution < -0.4 is 5.32 Å². The van der Waals surface area contributed by atoms with E-state index in [1.165, 1.54) is 24.3 Å². The van der Waals surface area contributed by atoms with E-state index in [0.29, 0.717) is 12.1 Å². The summed E-state index contributed by atoms with van der Waals surface area (Å²) in [6.07, 6.45) is -0.0211. The predicted molar refractivity (Wildman–Crippen MR) is 78.9 cm³/mol. The molecule has 2 N–H and O–H groups in total. The maximum atomic E-state index is 13.1. The molecule has 112 valence electrons. The van der Waals surface area contributed by atoms with Crippen LogP contribution in [-0.4, -0.2) is 17.7 Å². The number of hydrogen-bond acceptors (Lipinski definition) is 2. The molecule has 0 saturated heterocycles. The largest absolute Gasteiger partial charge is 0.387 e. The summed E-state index contributed by atoms with van der Waals surface area (Å²) in [6, 6.07) is 12.4. The van der Waals surface area contributed by atoms with E-state index in [4.69, 9.17) is 0 Å². The van der Waals surface area contributed by atoms with Crippen molar-refractivity contribution in [1.29, 1.82) is 0 Å². The molecule has 2 aromatic rings. The maximum Gasteiger partial charge on any atom is 0.123 e. The fraction of sp³-hybridized carbons (Fsp3) is 0.294. The van der Waals surface area contributed by atoms with Crippen LogP contribution in [0.5, 0.6) is 0 Å². The Morgan fingerprint density at radius 3 is 2.43 bits per heavy atom. The fourth-order valence-corrected chi connectivity index (χ4v) is 2.19. The van der Waals surface area contributed by atoms with Gasteiger partial charge in [0.2, 0.25) is 0 Å². The molecule has 2 aromatic carbocycles. The highest BCUT2D eigenvalue weighted by atomic mass is 19.1. The minimum atomic E-state index is -0.753. The van der Waals surface area contributed by atoms with Gasteiger partial charge in [0.1, 0.15) is 11.6 Å². The monoisotopic (exact) mass is 291 g/mol. The molecule has 0 aliphatic carbocycles. The van der Waals surface area contributed by atoms with Gasteiger partial charge in [-0.05, 0) is 48.7 Å². The Morgan fingerprint density at radius 1 is 1.05 bits per heavy atom. The quantitative estimate of drug-likeness (QED) is 0.856. The first-order valence-electron chi connectivity index (χ1n) is 6.96. The predicted octanol–water partition coefficient (Wildman–Crippen LogP) is 3.22. The minimum absolute atomic E-state index is 0.124. The van der Waals surface area contributed by atoms with Gasteiger partial charge >= 0.3 is 0 Å². The van der Waals surface area contributed by atoms with Gasteiger partial charge < -0.3 is 10.4 Å². The Labute approximate surface area is 123 Å². The minimum Gasteiger partial charge on any atom is -0.387 e. The molecule has 2 nitrogen and oxygen atoms in total. The lowest BCUT2D eigenvalue weighted by Crippen LogP contribution is -2.32. The van der Waals surface area contributed by atoms with Crippen LogP contribution >= 0.6 is 0 Å². The van der Waals surface area contributed by atoms with Crippen molar-refractivity contribution in [3.05, 3.63) is 71.3 Å². The standard InChI is InChI=1S/C17H19F2NO/c1-12(9-13-5-7-15(18)8-6-13)20-11-17(21)14-3-2-4-16(19)10-14/h2-8,10,12,17,20-21H,9,11H2,1H3.